The molecule has 0 aliphatic carbocycles. The van der Waals surface area contributed by atoms with Crippen molar-refractivity contribution < 1.29 is 8.42 Å². The third-order valence-corrected chi connectivity index (χ3v) is 6.35. The van der Waals surface area contributed by atoms with Gasteiger partial charge in [0.15, 0.2) is 0 Å². The molecule has 5 heteroatoms. The number of rotatable bonds is 7. The van der Waals surface area contributed by atoms with Crippen molar-refractivity contribution in [3.05, 3.63) is 71.3 Å². The fourth-order valence-corrected chi connectivity index (χ4v) is 4.61. The summed E-state index contributed by atoms with van der Waals surface area (Å²) >= 11 is 0. The maximum atomic E-state index is 12.3. The molecule has 4 nitrogen and oxygen atoms in total. The summed E-state index contributed by atoms with van der Waals surface area (Å²) < 4.78 is 27.4. The van der Waals surface area contributed by atoms with Crippen molar-refractivity contribution in [3.63, 3.8) is 0 Å². The van der Waals surface area contributed by atoms with E-state index in [1.165, 1.54) is 5.56 Å². The standard InChI is InChI=1S/C21H28N2O2S/c1-18-7-9-21(10-8-18)17-26(24,25)22-15-19-11-13-23(14-12-19)16-20-5-3-2-4-6-20/h2-10,19,22H,11-17H2,1H3. The molecule has 2 aromatic carbocycles. The van der Waals surface area contributed by atoms with Crippen LogP contribution in [0.2, 0.25) is 0 Å². The van der Waals surface area contributed by atoms with E-state index in [4.69, 9.17) is 0 Å². The Balaban J connectivity index is 1.42. The molecule has 1 N–H and O–H groups in total. The molecule has 0 radical (unpaired) electrons. The van der Waals surface area contributed by atoms with Gasteiger partial charge in [0.1, 0.15) is 0 Å². The Bertz CT molecular complexity index is 781. The quantitative estimate of drug-likeness (QED) is 0.811. The molecule has 2 aromatic rings. The fraction of sp³-hybridized carbons (Fsp3) is 0.429. The van der Waals surface area contributed by atoms with Gasteiger partial charge in [-0.2, -0.15) is 0 Å². The van der Waals surface area contributed by atoms with E-state index < -0.39 is 10.0 Å². The van der Waals surface area contributed by atoms with Gasteiger partial charge in [-0.3, -0.25) is 4.90 Å². The lowest BCUT2D eigenvalue weighted by molar-refractivity contribution is 0.178. The number of hydrogen-bond donors (Lipinski definition) is 1. The van der Waals surface area contributed by atoms with Gasteiger partial charge in [0.2, 0.25) is 10.0 Å². The Hall–Kier alpha value is -1.69. The van der Waals surface area contributed by atoms with Crippen LogP contribution >= 0.6 is 0 Å². The van der Waals surface area contributed by atoms with Crippen LogP contribution in [-0.2, 0) is 22.3 Å². The Morgan fingerprint density at radius 1 is 0.962 bits per heavy atom. The van der Waals surface area contributed by atoms with Crippen LogP contribution in [0.4, 0.5) is 0 Å². The van der Waals surface area contributed by atoms with Crippen LogP contribution in [0.3, 0.4) is 0 Å². The predicted octanol–water partition coefficient (Wildman–Crippen LogP) is 3.33. The van der Waals surface area contributed by atoms with Gasteiger partial charge in [0.25, 0.3) is 0 Å². The number of nitrogens with one attached hydrogen (secondary N) is 1. The Morgan fingerprint density at radius 3 is 2.27 bits per heavy atom. The van der Waals surface area contributed by atoms with Gasteiger partial charge < -0.3 is 0 Å². The second-order valence-electron chi connectivity index (χ2n) is 7.30. The van der Waals surface area contributed by atoms with Crippen LogP contribution in [0, 0.1) is 12.8 Å². The number of piperidine rings is 1. The molecule has 0 atom stereocenters. The molecule has 0 unspecified atom stereocenters. The Morgan fingerprint density at radius 2 is 1.62 bits per heavy atom. The number of nitrogens with zero attached hydrogens (tertiary/aromatic N) is 1. The molecule has 26 heavy (non-hydrogen) atoms. The highest BCUT2D eigenvalue weighted by atomic mass is 32.2. The van der Waals surface area contributed by atoms with Crippen LogP contribution in [0.25, 0.3) is 0 Å². The second kappa shape index (κ2) is 8.80. The molecule has 140 valence electrons. The summed E-state index contributed by atoms with van der Waals surface area (Å²) in [5, 5.41) is 0. The predicted molar refractivity (Wildman–Crippen MR) is 106 cm³/mol. The fourth-order valence-electron chi connectivity index (χ4n) is 3.39. The Kier molecular flexibility index (Phi) is 6.46. The highest BCUT2D eigenvalue weighted by Crippen LogP contribution is 2.19. The maximum absolute atomic E-state index is 12.3. The molecule has 0 aromatic heterocycles. The van der Waals surface area contributed by atoms with E-state index in [0.29, 0.717) is 12.5 Å². The average Bonchev–Trinajstić information content (AvgIpc) is 2.64. The van der Waals surface area contributed by atoms with Gasteiger partial charge in [-0.05, 0) is 49.9 Å². The second-order valence-corrected chi connectivity index (χ2v) is 9.11. The maximum Gasteiger partial charge on any atom is 0.215 e. The van der Waals surface area contributed by atoms with E-state index in [0.717, 1.165) is 43.6 Å². The molecular weight excluding hydrogens is 344 g/mol. The third-order valence-electron chi connectivity index (χ3n) is 5.03. The zero-order chi connectivity index (χ0) is 18.4. The molecule has 0 spiro atoms. The van der Waals surface area contributed by atoms with Crippen molar-refractivity contribution in [2.24, 2.45) is 5.92 Å². The van der Waals surface area contributed by atoms with Gasteiger partial charge in [-0.25, -0.2) is 13.1 Å². The summed E-state index contributed by atoms with van der Waals surface area (Å²) in [5.41, 5.74) is 3.31. The molecule has 0 saturated carbocycles. The monoisotopic (exact) mass is 372 g/mol. The topological polar surface area (TPSA) is 49.4 Å². The molecular formula is C21H28N2O2S. The van der Waals surface area contributed by atoms with Crippen molar-refractivity contribution in [1.82, 2.24) is 9.62 Å². The molecule has 1 heterocycles. The van der Waals surface area contributed by atoms with Crippen LogP contribution in [0.5, 0.6) is 0 Å². The lowest BCUT2D eigenvalue weighted by Crippen LogP contribution is -2.38. The summed E-state index contributed by atoms with van der Waals surface area (Å²) in [6.07, 6.45) is 2.08. The van der Waals surface area contributed by atoms with Crippen LogP contribution < -0.4 is 4.72 Å². The SMILES string of the molecule is Cc1ccc(CS(=O)(=O)NCC2CCN(Cc3ccccc3)CC2)cc1. The minimum atomic E-state index is -3.27. The number of hydrogen-bond acceptors (Lipinski definition) is 3. The summed E-state index contributed by atoms with van der Waals surface area (Å²) in [6.45, 7) is 5.58. The molecule has 1 aliphatic rings. The smallest absolute Gasteiger partial charge is 0.215 e. The number of likely N-dealkylation sites (tertiary alicyclic amines) is 1. The van der Waals surface area contributed by atoms with Crippen LogP contribution in [0.1, 0.15) is 29.5 Å². The van der Waals surface area contributed by atoms with Gasteiger partial charge in [0, 0.05) is 13.1 Å². The summed E-state index contributed by atoms with van der Waals surface area (Å²) in [6, 6.07) is 18.2. The van der Waals surface area contributed by atoms with Crippen LogP contribution in [0.15, 0.2) is 54.6 Å². The van der Waals surface area contributed by atoms with Gasteiger partial charge >= 0.3 is 0 Å². The minimum absolute atomic E-state index is 0.0557. The summed E-state index contributed by atoms with van der Waals surface area (Å²) in [7, 11) is -3.27. The average molecular weight is 373 g/mol. The van der Waals surface area contributed by atoms with Crippen molar-refractivity contribution in [2.75, 3.05) is 19.6 Å². The van der Waals surface area contributed by atoms with Gasteiger partial charge in [0.05, 0.1) is 5.75 Å². The molecule has 3 rings (SSSR count). The van der Waals surface area contributed by atoms with Gasteiger partial charge in [-0.1, -0.05) is 60.2 Å². The van der Waals surface area contributed by atoms with E-state index in [9.17, 15) is 8.42 Å². The van der Waals surface area contributed by atoms with E-state index in [1.807, 2.05) is 37.3 Å². The normalized spacial score (nSPS) is 16.7. The van der Waals surface area contributed by atoms with Gasteiger partial charge in [-0.15, -0.1) is 0 Å². The van der Waals surface area contributed by atoms with E-state index in [2.05, 4.69) is 33.9 Å². The van der Waals surface area contributed by atoms with Crippen molar-refractivity contribution >= 4 is 10.0 Å². The van der Waals surface area contributed by atoms with E-state index in [1.54, 1.807) is 0 Å². The molecule has 0 bridgehead atoms. The first-order valence-electron chi connectivity index (χ1n) is 9.29. The first kappa shape index (κ1) is 19.1. The summed E-state index contributed by atoms with van der Waals surface area (Å²) in [5.74, 6) is 0.481. The van der Waals surface area contributed by atoms with Crippen molar-refractivity contribution in [2.45, 2.75) is 32.1 Å². The third kappa shape index (κ3) is 5.94. The van der Waals surface area contributed by atoms with Crippen molar-refractivity contribution in [3.8, 4) is 0 Å². The first-order valence-corrected chi connectivity index (χ1v) is 10.9. The number of aryl methyl sites for hydroxylation is 1. The zero-order valence-electron chi connectivity index (χ0n) is 15.4. The summed E-state index contributed by atoms with van der Waals surface area (Å²) in [4.78, 5) is 2.45. The molecule has 1 aliphatic heterocycles. The number of sulfonamides is 1. The van der Waals surface area contributed by atoms with Crippen LogP contribution in [-0.4, -0.2) is 33.0 Å². The highest BCUT2D eigenvalue weighted by molar-refractivity contribution is 7.88. The highest BCUT2D eigenvalue weighted by Gasteiger charge is 2.21. The largest absolute Gasteiger partial charge is 0.299 e. The Labute approximate surface area is 157 Å². The molecule has 0 amide bonds. The molecule has 1 fully saturated rings. The van der Waals surface area contributed by atoms with E-state index >= 15 is 0 Å². The minimum Gasteiger partial charge on any atom is -0.299 e. The zero-order valence-corrected chi connectivity index (χ0v) is 16.2. The van der Waals surface area contributed by atoms with Crippen molar-refractivity contribution in [1.29, 1.82) is 0 Å². The van der Waals surface area contributed by atoms with E-state index in [-0.39, 0.29) is 5.75 Å². The lowest BCUT2D eigenvalue weighted by Gasteiger charge is -2.32. The molecule has 1 saturated heterocycles. The lowest BCUT2D eigenvalue weighted by atomic mass is 9.97. The number of benzene rings is 2. The first-order chi connectivity index (χ1) is 12.5.